The van der Waals surface area contributed by atoms with Gasteiger partial charge in [-0.05, 0) is 17.7 Å². The highest BCUT2D eigenvalue weighted by Crippen LogP contribution is 2.43. The normalized spacial score (nSPS) is 19.5. The van der Waals surface area contributed by atoms with Gasteiger partial charge in [-0.3, -0.25) is 4.79 Å². The molecule has 1 aromatic carbocycles. The van der Waals surface area contributed by atoms with Crippen LogP contribution in [0.2, 0.25) is 0 Å². The predicted octanol–water partition coefficient (Wildman–Crippen LogP) is 2.56. The Kier molecular flexibility index (Phi) is 3.70. The molecule has 6 nitrogen and oxygen atoms in total. The second kappa shape index (κ2) is 6.01. The highest BCUT2D eigenvalue weighted by Gasteiger charge is 2.26. The molecule has 2 aliphatic rings. The first-order valence-corrected chi connectivity index (χ1v) is 8.28. The van der Waals surface area contributed by atoms with E-state index in [9.17, 15) is 4.79 Å². The maximum atomic E-state index is 11.5. The number of amides is 1. The van der Waals surface area contributed by atoms with Crippen molar-refractivity contribution in [2.75, 3.05) is 11.9 Å². The molecule has 3 N–H and O–H groups in total. The van der Waals surface area contributed by atoms with E-state index in [0.29, 0.717) is 16.7 Å². The van der Waals surface area contributed by atoms with E-state index < -0.39 is 0 Å². The number of thioether (sulfide) groups is 1. The predicted molar refractivity (Wildman–Crippen MR) is 94.7 cm³/mol. The number of nitrogens with zero attached hydrogens (tertiary/aromatic N) is 2. The molecule has 4 rings (SSSR count). The topological polar surface area (TPSA) is 89.6 Å². The summed E-state index contributed by atoms with van der Waals surface area (Å²) in [5.41, 5.74) is 8.69. The van der Waals surface area contributed by atoms with Gasteiger partial charge in [-0.1, -0.05) is 42.1 Å². The fraction of sp³-hybridized carbons (Fsp3) is 0.118. The molecule has 0 radical (unpaired) electrons. The molecule has 3 heterocycles. The highest BCUT2D eigenvalue weighted by atomic mass is 32.2. The molecule has 120 valence electrons. The monoisotopic (exact) mass is 338 g/mol. The number of amidine groups is 1. The van der Waals surface area contributed by atoms with Crippen molar-refractivity contribution >= 4 is 34.2 Å². The minimum Gasteiger partial charge on any atom is -0.480 e. The van der Waals surface area contributed by atoms with Crippen molar-refractivity contribution in [2.24, 2.45) is 10.7 Å². The largest absolute Gasteiger partial charge is 0.480 e. The van der Waals surface area contributed by atoms with E-state index >= 15 is 0 Å². The van der Waals surface area contributed by atoms with Crippen LogP contribution >= 0.6 is 11.8 Å². The fourth-order valence-electron chi connectivity index (χ4n) is 2.62. The summed E-state index contributed by atoms with van der Waals surface area (Å²) in [6.45, 7) is 0.0139. The fourth-order valence-corrected chi connectivity index (χ4v) is 3.57. The van der Waals surface area contributed by atoms with Crippen LogP contribution in [0.4, 0.5) is 5.82 Å². The van der Waals surface area contributed by atoms with Gasteiger partial charge in [0.15, 0.2) is 23.3 Å². The van der Waals surface area contributed by atoms with Crippen LogP contribution in [0, 0.1) is 0 Å². The molecule has 7 heteroatoms. The molecule has 0 bridgehead atoms. The van der Waals surface area contributed by atoms with E-state index in [1.54, 1.807) is 6.20 Å². The SMILES string of the molecule is NC1=NC=C(c2ccc3c(n2)NC(=O)CO3)C(c2ccccc2)S1. The average Bonchev–Trinajstić information content (AvgIpc) is 2.62. The zero-order valence-corrected chi connectivity index (χ0v) is 13.4. The Morgan fingerprint density at radius 2 is 2.04 bits per heavy atom. The van der Waals surface area contributed by atoms with Crippen molar-refractivity contribution in [1.82, 2.24) is 4.98 Å². The first-order chi connectivity index (χ1) is 11.7. The Hall–Kier alpha value is -2.80. The quantitative estimate of drug-likeness (QED) is 0.878. The number of hydrogen-bond donors (Lipinski definition) is 2. The van der Waals surface area contributed by atoms with Gasteiger partial charge in [-0.2, -0.15) is 0 Å². The third-order valence-electron chi connectivity index (χ3n) is 3.72. The zero-order valence-electron chi connectivity index (χ0n) is 12.6. The third kappa shape index (κ3) is 2.74. The van der Waals surface area contributed by atoms with Gasteiger partial charge >= 0.3 is 0 Å². The maximum absolute atomic E-state index is 11.5. The molecule has 2 aliphatic heterocycles. The average molecular weight is 338 g/mol. The Labute approximate surface area is 142 Å². The van der Waals surface area contributed by atoms with Crippen LogP contribution in [-0.4, -0.2) is 22.7 Å². The molecule has 1 amide bonds. The van der Waals surface area contributed by atoms with Crippen molar-refractivity contribution in [1.29, 1.82) is 0 Å². The number of pyridine rings is 1. The van der Waals surface area contributed by atoms with Gasteiger partial charge in [0.2, 0.25) is 0 Å². The summed E-state index contributed by atoms with van der Waals surface area (Å²) < 4.78 is 5.36. The molecule has 1 atom stereocenters. The number of benzene rings is 1. The number of fused-ring (bicyclic) bond motifs is 1. The number of aromatic nitrogens is 1. The number of carbonyl (C=O) groups is 1. The second-order valence-electron chi connectivity index (χ2n) is 5.34. The van der Waals surface area contributed by atoms with Crippen LogP contribution in [0.3, 0.4) is 0 Å². The smallest absolute Gasteiger partial charge is 0.263 e. The number of nitrogens with two attached hydrogens (primary N) is 1. The van der Waals surface area contributed by atoms with Crippen LogP contribution in [0.1, 0.15) is 16.5 Å². The van der Waals surface area contributed by atoms with Gasteiger partial charge < -0.3 is 15.8 Å². The summed E-state index contributed by atoms with van der Waals surface area (Å²) in [7, 11) is 0. The Morgan fingerprint density at radius 3 is 2.88 bits per heavy atom. The number of carbonyl (C=O) groups excluding carboxylic acids is 1. The molecular weight excluding hydrogens is 324 g/mol. The Bertz CT molecular complexity index is 864. The molecule has 1 aromatic heterocycles. The van der Waals surface area contributed by atoms with Gasteiger partial charge in [0.1, 0.15) is 0 Å². The van der Waals surface area contributed by atoms with Crippen molar-refractivity contribution in [3.63, 3.8) is 0 Å². The Morgan fingerprint density at radius 1 is 1.21 bits per heavy atom. The van der Waals surface area contributed by atoms with Crippen LogP contribution < -0.4 is 15.8 Å². The third-order valence-corrected chi connectivity index (χ3v) is 4.83. The first-order valence-electron chi connectivity index (χ1n) is 7.40. The molecule has 24 heavy (non-hydrogen) atoms. The summed E-state index contributed by atoms with van der Waals surface area (Å²) in [6, 6.07) is 13.7. The minimum absolute atomic E-state index is 0.00513. The van der Waals surface area contributed by atoms with Gasteiger partial charge in [0.25, 0.3) is 5.91 Å². The molecular formula is C17H14N4O2S. The lowest BCUT2D eigenvalue weighted by atomic mass is 10.0. The summed E-state index contributed by atoms with van der Waals surface area (Å²) in [4.78, 5) is 20.3. The summed E-state index contributed by atoms with van der Waals surface area (Å²) >= 11 is 1.48. The first kappa shape index (κ1) is 14.8. The van der Waals surface area contributed by atoms with Gasteiger partial charge in [-0.15, -0.1) is 0 Å². The van der Waals surface area contributed by atoms with Crippen LogP contribution in [0.15, 0.2) is 53.7 Å². The number of ether oxygens (including phenoxy) is 1. The zero-order chi connectivity index (χ0) is 16.5. The van der Waals surface area contributed by atoms with Crippen LogP contribution in [-0.2, 0) is 4.79 Å². The highest BCUT2D eigenvalue weighted by molar-refractivity contribution is 8.14. The van der Waals surface area contributed by atoms with Gasteiger partial charge in [-0.25, -0.2) is 9.98 Å². The van der Waals surface area contributed by atoms with Gasteiger partial charge in [0.05, 0.1) is 10.9 Å². The Balaban J connectivity index is 1.76. The molecule has 0 spiro atoms. The lowest BCUT2D eigenvalue weighted by Gasteiger charge is -2.24. The van der Waals surface area contributed by atoms with E-state index in [2.05, 4.69) is 15.3 Å². The van der Waals surface area contributed by atoms with E-state index in [0.717, 1.165) is 16.8 Å². The van der Waals surface area contributed by atoms with E-state index in [1.165, 1.54) is 11.8 Å². The molecule has 2 aromatic rings. The number of aliphatic imine (C=N–C) groups is 1. The van der Waals surface area contributed by atoms with E-state index in [-0.39, 0.29) is 17.8 Å². The van der Waals surface area contributed by atoms with Gasteiger partial charge in [0, 0.05) is 11.8 Å². The molecule has 0 saturated carbocycles. The number of anilines is 1. The lowest BCUT2D eigenvalue weighted by Crippen LogP contribution is -2.26. The minimum atomic E-state index is -0.207. The second-order valence-corrected chi connectivity index (χ2v) is 6.47. The molecule has 0 saturated heterocycles. The standard InChI is InChI=1S/C17H14N4O2S/c18-17-19-8-11(15(24-17)10-4-2-1-3-5-10)12-6-7-13-16(20-12)21-14(22)9-23-13/h1-8,15H,9H2,(H2,18,19)(H,20,21,22). The summed E-state index contributed by atoms with van der Waals surface area (Å²) in [5.74, 6) is 0.798. The number of hydrogen-bond acceptors (Lipinski definition) is 6. The van der Waals surface area contributed by atoms with E-state index in [4.69, 9.17) is 10.5 Å². The number of rotatable bonds is 2. The maximum Gasteiger partial charge on any atom is 0.263 e. The van der Waals surface area contributed by atoms with Crippen LogP contribution in [0.5, 0.6) is 5.75 Å². The van der Waals surface area contributed by atoms with Crippen molar-refractivity contribution < 1.29 is 9.53 Å². The summed E-state index contributed by atoms with van der Waals surface area (Å²) in [5, 5.41) is 3.24. The molecule has 0 aliphatic carbocycles. The molecule has 1 unspecified atom stereocenters. The molecule has 0 fully saturated rings. The number of nitrogens with one attached hydrogen (secondary N) is 1. The van der Waals surface area contributed by atoms with Crippen LogP contribution in [0.25, 0.3) is 5.57 Å². The van der Waals surface area contributed by atoms with Crippen molar-refractivity contribution in [3.05, 3.63) is 59.9 Å². The summed E-state index contributed by atoms with van der Waals surface area (Å²) in [6.07, 6.45) is 1.74. The van der Waals surface area contributed by atoms with E-state index in [1.807, 2.05) is 42.5 Å². The van der Waals surface area contributed by atoms with Crippen molar-refractivity contribution in [3.8, 4) is 5.75 Å². The van der Waals surface area contributed by atoms with Crippen molar-refractivity contribution in [2.45, 2.75) is 5.25 Å². The lowest BCUT2D eigenvalue weighted by molar-refractivity contribution is -0.118.